The maximum Gasteiger partial charge on any atom is 0.241 e. The molecular weight excluding hydrogens is 264 g/mol. The second kappa shape index (κ2) is 6.58. The summed E-state index contributed by atoms with van der Waals surface area (Å²) >= 11 is 0. The first kappa shape index (κ1) is 14.5. The highest BCUT2D eigenvalue weighted by Gasteiger charge is 2.42. The summed E-state index contributed by atoms with van der Waals surface area (Å²) in [5.74, 6) is 0.243. The molecule has 4 nitrogen and oxygen atoms in total. The summed E-state index contributed by atoms with van der Waals surface area (Å²) in [7, 11) is 0. The molecule has 2 saturated heterocycles. The van der Waals surface area contributed by atoms with Crippen LogP contribution in [-0.2, 0) is 16.0 Å². The fourth-order valence-corrected chi connectivity index (χ4v) is 3.39. The highest BCUT2D eigenvalue weighted by Crippen LogP contribution is 2.24. The normalized spacial score (nSPS) is 29.3. The number of hydrogen-bond acceptors (Lipinski definition) is 3. The Morgan fingerprint density at radius 3 is 2.81 bits per heavy atom. The standard InChI is InChI=1S/C17H24N2O2/c1-2-6-16-18-15(11-13-7-4-3-5-8-13)17(20)19(16)14-9-10-21-12-14/h3-5,7-8,14-16,18H,2,6,9-12H2,1H3. The van der Waals surface area contributed by atoms with Crippen LogP contribution in [0.25, 0.3) is 0 Å². The van der Waals surface area contributed by atoms with Crippen LogP contribution in [0.2, 0.25) is 0 Å². The molecule has 2 fully saturated rings. The zero-order chi connectivity index (χ0) is 14.7. The summed E-state index contributed by atoms with van der Waals surface area (Å²) in [6.07, 6.45) is 3.99. The topological polar surface area (TPSA) is 41.6 Å². The molecule has 0 radical (unpaired) electrons. The molecule has 0 spiro atoms. The van der Waals surface area contributed by atoms with Crippen molar-refractivity contribution >= 4 is 5.91 Å². The van der Waals surface area contributed by atoms with Crippen LogP contribution < -0.4 is 5.32 Å². The molecule has 1 amide bonds. The number of hydrogen-bond donors (Lipinski definition) is 1. The number of nitrogens with one attached hydrogen (secondary N) is 1. The van der Waals surface area contributed by atoms with Gasteiger partial charge in [0.15, 0.2) is 0 Å². The first-order valence-electron chi connectivity index (χ1n) is 7.99. The van der Waals surface area contributed by atoms with E-state index in [1.807, 2.05) is 18.2 Å². The lowest BCUT2D eigenvalue weighted by Gasteiger charge is -2.29. The summed E-state index contributed by atoms with van der Waals surface area (Å²) in [5, 5.41) is 3.54. The van der Waals surface area contributed by atoms with E-state index in [2.05, 4.69) is 29.3 Å². The Morgan fingerprint density at radius 1 is 1.33 bits per heavy atom. The van der Waals surface area contributed by atoms with Crippen molar-refractivity contribution in [3.8, 4) is 0 Å². The monoisotopic (exact) mass is 288 g/mol. The lowest BCUT2D eigenvalue weighted by molar-refractivity contribution is -0.132. The first-order chi connectivity index (χ1) is 10.3. The molecule has 0 saturated carbocycles. The van der Waals surface area contributed by atoms with Crippen LogP contribution in [0.5, 0.6) is 0 Å². The second-order valence-corrected chi connectivity index (χ2v) is 5.98. The van der Waals surface area contributed by atoms with Gasteiger partial charge in [0.2, 0.25) is 5.91 Å². The van der Waals surface area contributed by atoms with Crippen molar-refractivity contribution in [2.75, 3.05) is 13.2 Å². The van der Waals surface area contributed by atoms with Gasteiger partial charge in [0.25, 0.3) is 0 Å². The summed E-state index contributed by atoms with van der Waals surface area (Å²) < 4.78 is 5.48. The van der Waals surface area contributed by atoms with Crippen LogP contribution in [-0.4, -0.2) is 42.3 Å². The Labute approximate surface area is 126 Å². The van der Waals surface area contributed by atoms with E-state index in [1.165, 1.54) is 5.56 Å². The van der Waals surface area contributed by atoms with E-state index < -0.39 is 0 Å². The van der Waals surface area contributed by atoms with Gasteiger partial charge in [0, 0.05) is 6.61 Å². The quantitative estimate of drug-likeness (QED) is 0.900. The van der Waals surface area contributed by atoms with Crippen LogP contribution in [0.15, 0.2) is 30.3 Å². The predicted octanol–water partition coefficient (Wildman–Crippen LogP) is 1.94. The third-order valence-corrected chi connectivity index (χ3v) is 4.43. The smallest absolute Gasteiger partial charge is 0.241 e. The number of carbonyl (C=O) groups excluding carboxylic acids is 1. The molecule has 4 heteroatoms. The van der Waals surface area contributed by atoms with Gasteiger partial charge in [0.05, 0.1) is 24.9 Å². The number of ether oxygens (including phenoxy) is 1. The van der Waals surface area contributed by atoms with Crippen LogP contribution >= 0.6 is 0 Å². The largest absolute Gasteiger partial charge is 0.379 e. The Kier molecular flexibility index (Phi) is 4.56. The fraction of sp³-hybridized carbons (Fsp3) is 0.588. The van der Waals surface area contributed by atoms with Gasteiger partial charge in [-0.2, -0.15) is 0 Å². The molecule has 0 aromatic heterocycles. The molecule has 1 aromatic carbocycles. The number of nitrogens with zero attached hydrogens (tertiary/aromatic N) is 1. The first-order valence-corrected chi connectivity index (χ1v) is 7.99. The average molecular weight is 288 g/mol. The molecule has 0 aliphatic carbocycles. The van der Waals surface area contributed by atoms with E-state index in [1.54, 1.807) is 0 Å². The summed E-state index contributed by atoms with van der Waals surface area (Å²) in [5.41, 5.74) is 1.21. The van der Waals surface area contributed by atoms with Gasteiger partial charge in [-0.1, -0.05) is 43.7 Å². The van der Waals surface area contributed by atoms with Gasteiger partial charge in [-0.05, 0) is 24.8 Å². The van der Waals surface area contributed by atoms with Crippen molar-refractivity contribution in [2.24, 2.45) is 0 Å². The van der Waals surface area contributed by atoms with E-state index in [9.17, 15) is 4.79 Å². The fourth-order valence-electron chi connectivity index (χ4n) is 3.39. The molecule has 21 heavy (non-hydrogen) atoms. The van der Waals surface area contributed by atoms with Gasteiger partial charge < -0.3 is 9.64 Å². The van der Waals surface area contributed by atoms with Crippen molar-refractivity contribution in [3.05, 3.63) is 35.9 Å². The number of rotatable bonds is 5. The third-order valence-electron chi connectivity index (χ3n) is 4.43. The van der Waals surface area contributed by atoms with E-state index in [4.69, 9.17) is 4.74 Å². The summed E-state index contributed by atoms with van der Waals surface area (Å²) in [4.78, 5) is 14.8. The minimum absolute atomic E-state index is 0.0930. The molecule has 3 atom stereocenters. The van der Waals surface area contributed by atoms with Crippen LogP contribution in [0.3, 0.4) is 0 Å². The van der Waals surface area contributed by atoms with Crippen molar-refractivity contribution in [3.63, 3.8) is 0 Å². The lowest BCUT2D eigenvalue weighted by atomic mass is 10.1. The van der Waals surface area contributed by atoms with Crippen LogP contribution in [0.4, 0.5) is 0 Å². The van der Waals surface area contributed by atoms with E-state index in [0.717, 1.165) is 32.3 Å². The van der Waals surface area contributed by atoms with Crippen molar-refractivity contribution < 1.29 is 9.53 Å². The highest BCUT2D eigenvalue weighted by atomic mass is 16.5. The van der Waals surface area contributed by atoms with E-state index >= 15 is 0 Å². The highest BCUT2D eigenvalue weighted by molar-refractivity contribution is 5.85. The van der Waals surface area contributed by atoms with Gasteiger partial charge in [-0.15, -0.1) is 0 Å². The zero-order valence-electron chi connectivity index (χ0n) is 12.6. The van der Waals surface area contributed by atoms with E-state index in [-0.39, 0.29) is 24.2 Å². The Bertz CT molecular complexity index is 471. The maximum atomic E-state index is 12.8. The molecule has 2 aliphatic rings. The average Bonchev–Trinajstić information content (AvgIpc) is 3.10. The molecule has 114 valence electrons. The second-order valence-electron chi connectivity index (χ2n) is 5.98. The number of carbonyl (C=O) groups is 1. The molecule has 3 rings (SSSR count). The van der Waals surface area contributed by atoms with Gasteiger partial charge in [-0.3, -0.25) is 10.1 Å². The SMILES string of the molecule is CCCC1NC(Cc2ccccc2)C(=O)N1C1CCOC1. The Hall–Kier alpha value is -1.39. The van der Waals surface area contributed by atoms with Crippen LogP contribution in [0.1, 0.15) is 31.7 Å². The molecule has 0 bridgehead atoms. The van der Waals surface area contributed by atoms with Gasteiger partial charge >= 0.3 is 0 Å². The predicted molar refractivity (Wildman–Crippen MR) is 81.8 cm³/mol. The number of amides is 1. The summed E-state index contributed by atoms with van der Waals surface area (Å²) in [6, 6.07) is 10.4. The molecule has 2 heterocycles. The molecular formula is C17H24N2O2. The molecule has 3 unspecified atom stereocenters. The summed E-state index contributed by atoms with van der Waals surface area (Å²) in [6.45, 7) is 3.63. The third kappa shape index (κ3) is 3.11. The van der Waals surface area contributed by atoms with Gasteiger partial charge in [-0.25, -0.2) is 0 Å². The lowest BCUT2D eigenvalue weighted by Crippen LogP contribution is -2.44. The van der Waals surface area contributed by atoms with Crippen molar-refractivity contribution in [2.45, 2.75) is 50.9 Å². The zero-order valence-corrected chi connectivity index (χ0v) is 12.6. The minimum atomic E-state index is -0.0930. The molecule has 1 aromatic rings. The van der Waals surface area contributed by atoms with Crippen LogP contribution in [0, 0.1) is 0 Å². The minimum Gasteiger partial charge on any atom is -0.379 e. The number of benzene rings is 1. The van der Waals surface area contributed by atoms with Crippen molar-refractivity contribution in [1.29, 1.82) is 0 Å². The Morgan fingerprint density at radius 2 is 2.14 bits per heavy atom. The molecule has 1 N–H and O–H groups in total. The Balaban J connectivity index is 1.72. The van der Waals surface area contributed by atoms with Crippen molar-refractivity contribution in [1.82, 2.24) is 10.2 Å². The van der Waals surface area contributed by atoms with E-state index in [0.29, 0.717) is 6.61 Å². The van der Waals surface area contributed by atoms with Gasteiger partial charge in [0.1, 0.15) is 0 Å². The maximum absolute atomic E-state index is 12.8. The molecule has 2 aliphatic heterocycles.